The maximum Gasteiger partial charge on any atom is 2.00 e. The SMILES string of the molecule is [CH2-]CN(C[CH2-])C1CN(c2nc(Cl)nc3c2cnn3-c2cccc(C(F)F)c2)C1.[U+2]. The first-order valence-electron chi connectivity index (χ1n) is 8.89. The van der Waals surface area contributed by atoms with Gasteiger partial charge >= 0.3 is 31.1 Å². The number of halogens is 3. The Balaban J connectivity index is 0.00000240. The maximum atomic E-state index is 13.1. The fourth-order valence-corrected chi connectivity index (χ4v) is 3.59. The van der Waals surface area contributed by atoms with Crippen LogP contribution in [0.15, 0.2) is 30.5 Å². The summed E-state index contributed by atoms with van der Waals surface area (Å²) in [6.07, 6.45) is -0.915. The van der Waals surface area contributed by atoms with Gasteiger partial charge < -0.3 is 23.6 Å². The summed E-state index contributed by atoms with van der Waals surface area (Å²) in [5.74, 6) is 0.690. The number of aromatic nitrogens is 4. The predicted molar refractivity (Wildman–Crippen MR) is 105 cm³/mol. The summed E-state index contributed by atoms with van der Waals surface area (Å²) in [5, 5.41) is 5.16. The second kappa shape index (κ2) is 9.26. The van der Waals surface area contributed by atoms with Crippen molar-refractivity contribution in [3.63, 3.8) is 0 Å². The Bertz CT molecular complexity index is 988. The largest absolute Gasteiger partial charge is 2.00 e. The molecule has 150 valence electrons. The van der Waals surface area contributed by atoms with Crippen LogP contribution in [0.25, 0.3) is 16.7 Å². The molecule has 4 rings (SSSR count). The van der Waals surface area contributed by atoms with Gasteiger partial charge in [-0.2, -0.15) is 15.1 Å². The van der Waals surface area contributed by atoms with Gasteiger partial charge in [0, 0.05) is 24.7 Å². The van der Waals surface area contributed by atoms with Crippen LogP contribution in [0, 0.1) is 45.0 Å². The zero-order chi connectivity index (χ0) is 19.8. The standard InChI is InChI=1S/C19H19ClF2N6.U/c1-3-26(4-2)14-10-27(11-14)17-15-9-23-28(18(15)25-19(20)24-17)13-7-5-6-12(8-13)16(21)22;/h5-9,14,16H,1-4,10-11H2;/q-2;+2. The van der Waals surface area contributed by atoms with Gasteiger partial charge in [-0.1, -0.05) is 12.1 Å². The van der Waals surface area contributed by atoms with Crippen molar-refractivity contribution in [2.45, 2.75) is 12.5 Å². The molecule has 1 aromatic carbocycles. The van der Waals surface area contributed by atoms with Crippen LogP contribution < -0.4 is 4.90 Å². The van der Waals surface area contributed by atoms with Gasteiger partial charge in [-0.15, -0.1) is 13.1 Å². The van der Waals surface area contributed by atoms with E-state index in [1.165, 1.54) is 16.8 Å². The van der Waals surface area contributed by atoms with Gasteiger partial charge in [0.15, 0.2) is 5.65 Å². The number of fused-ring (bicyclic) bond motifs is 1. The van der Waals surface area contributed by atoms with Crippen molar-refractivity contribution in [2.24, 2.45) is 0 Å². The van der Waals surface area contributed by atoms with Crippen LogP contribution in [0.2, 0.25) is 5.28 Å². The van der Waals surface area contributed by atoms with Gasteiger partial charge in [0.25, 0.3) is 6.43 Å². The summed E-state index contributed by atoms with van der Waals surface area (Å²) >= 11 is 6.16. The van der Waals surface area contributed by atoms with Gasteiger partial charge in [0.05, 0.1) is 17.3 Å². The molecule has 0 unspecified atom stereocenters. The molecule has 3 heterocycles. The molecule has 0 bridgehead atoms. The molecule has 6 nitrogen and oxygen atoms in total. The van der Waals surface area contributed by atoms with E-state index < -0.39 is 6.43 Å². The molecule has 3 aromatic rings. The minimum Gasteiger partial charge on any atom is -0.357 e. The summed E-state index contributed by atoms with van der Waals surface area (Å²) in [7, 11) is 0. The van der Waals surface area contributed by atoms with Gasteiger partial charge in [-0.25, -0.2) is 13.5 Å². The Morgan fingerprint density at radius 3 is 2.59 bits per heavy atom. The summed E-state index contributed by atoms with van der Waals surface area (Å²) < 4.78 is 27.6. The van der Waals surface area contributed by atoms with E-state index >= 15 is 0 Å². The molecule has 0 spiro atoms. The van der Waals surface area contributed by atoms with Crippen LogP contribution in [0.5, 0.6) is 0 Å². The van der Waals surface area contributed by atoms with Gasteiger partial charge in [0.1, 0.15) is 5.82 Å². The first kappa shape index (κ1) is 22.4. The average molecular weight is 643 g/mol. The molecular weight excluding hydrogens is 624 g/mol. The van der Waals surface area contributed by atoms with Gasteiger partial charge in [-0.05, 0) is 23.7 Å². The van der Waals surface area contributed by atoms with Crippen molar-refractivity contribution < 1.29 is 39.9 Å². The first-order chi connectivity index (χ1) is 13.5. The number of benzene rings is 1. The van der Waals surface area contributed by atoms with Crippen LogP contribution >= 0.6 is 11.6 Å². The Hall–Kier alpha value is -1.27. The third-order valence-corrected chi connectivity index (χ3v) is 5.17. The molecule has 2 aromatic heterocycles. The van der Waals surface area contributed by atoms with Crippen LogP contribution in [-0.2, 0) is 0 Å². The van der Waals surface area contributed by atoms with Gasteiger partial charge in [-0.3, -0.25) is 0 Å². The zero-order valence-corrected chi connectivity index (χ0v) is 20.5. The molecular formula is C19H19ClF2N6U. The Morgan fingerprint density at radius 2 is 1.93 bits per heavy atom. The van der Waals surface area contributed by atoms with Crippen molar-refractivity contribution in [1.82, 2.24) is 24.6 Å². The van der Waals surface area contributed by atoms with Gasteiger partial charge in [0.2, 0.25) is 5.28 Å². The van der Waals surface area contributed by atoms with Crippen LogP contribution in [0.3, 0.4) is 0 Å². The fraction of sp³-hybridized carbons (Fsp3) is 0.316. The summed E-state index contributed by atoms with van der Waals surface area (Å²) in [5.41, 5.74) is 0.903. The molecule has 0 atom stereocenters. The van der Waals surface area contributed by atoms with Crippen LogP contribution in [0.1, 0.15) is 12.0 Å². The first-order valence-corrected chi connectivity index (χ1v) is 9.27. The summed E-state index contributed by atoms with van der Waals surface area (Å²) in [6, 6.07) is 6.41. The number of hydrogen-bond acceptors (Lipinski definition) is 5. The summed E-state index contributed by atoms with van der Waals surface area (Å²) in [4.78, 5) is 13.0. The van der Waals surface area contributed by atoms with Crippen molar-refractivity contribution in [2.75, 3.05) is 31.1 Å². The predicted octanol–water partition coefficient (Wildman–Crippen LogP) is 3.57. The molecule has 1 fully saturated rings. The molecule has 10 heteroatoms. The fourth-order valence-electron chi connectivity index (χ4n) is 3.43. The van der Waals surface area contributed by atoms with E-state index in [4.69, 9.17) is 11.6 Å². The molecule has 0 radical (unpaired) electrons. The molecule has 1 aliphatic heterocycles. The quantitative estimate of drug-likeness (QED) is 0.304. The van der Waals surface area contributed by atoms with E-state index in [2.05, 4.69) is 38.7 Å². The van der Waals surface area contributed by atoms with Crippen LogP contribution in [0.4, 0.5) is 14.6 Å². The van der Waals surface area contributed by atoms with E-state index in [-0.39, 0.29) is 42.0 Å². The zero-order valence-electron chi connectivity index (χ0n) is 15.6. The monoisotopic (exact) mass is 642 g/mol. The van der Waals surface area contributed by atoms with Crippen molar-refractivity contribution in [1.29, 1.82) is 0 Å². The molecule has 0 amide bonds. The third kappa shape index (κ3) is 4.29. The van der Waals surface area contributed by atoms with Crippen molar-refractivity contribution >= 4 is 28.5 Å². The molecule has 0 saturated carbocycles. The van der Waals surface area contributed by atoms with E-state index in [9.17, 15) is 8.78 Å². The summed E-state index contributed by atoms with van der Waals surface area (Å²) in [6.45, 7) is 10.8. The minimum atomic E-state index is -2.56. The van der Waals surface area contributed by atoms with E-state index in [1.807, 2.05) is 0 Å². The molecule has 1 saturated heterocycles. The topological polar surface area (TPSA) is 50.1 Å². The number of anilines is 1. The Kier molecular flexibility index (Phi) is 7.15. The van der Waals surface area contributed by atoms with E-state index in [0.29, 0.717) is 36.3 Å². The van der Waals surface area contributed by atoms with E-state index in [0.717, 1.165) is 18.5 Å². The molecule has 0 aliphatic carbocycles. The van der Waals surface area contributed by atoms with Crippen LogP contribution in [-0.4, -0.2) is 56.9 Å². The van der Waals surface area contributed by atoms with Crippen molar-refractivity contribution in [3.8, 4) is 5.69 Å². The normalized spacial score (nSPS) is 14.5. The van der Waals surface area contributed by atoms with E-state index in [1.54, 1.807) is 18.3 Å². The number of hydrogen-bond donors (Lipinski definition) is 0. The Morgan fingerprint density at radius 1 is 1.21 bits per heavy atom. The second-order valence-electron chi connectivity index (χ2n) is 6.60. The Labute approximate surface area is 196 Å². The number of nitrogens with zero attached hydrogens (tertiary/aromatic N) is 6. The maximum absolute atomic E-state index is 13.1. The third-order valence-electron chi connectivity index (χ3n) is 5.00. The number of alkyl halides is 2. The molecule has 29 heavy (non-hydrogen) atoms. The average Bonchev–Trinajstić information content (AvgIpc) is 3.07. The minimum absolute atomic E-state index is 0. The second-order valence-corrected chi connectivity index (χ2v) is 6.94. The number of rotatable bonds is 6. The molecule has 1 aliphatic rings. The smallest absolute Gasteiger partial charge is 0.357 e. The molecule has 0 N–H and O–H groups in total. The van der Waals surface area contributed by atoms with Crippen molar-refractivity contribution in [3.05, 3.63) is 55.2 Å².